The fourth-order valence-corrected chi connectivity index (χ4v) is 2.02. The number of hydrogen-bond acceptors (Lipinski definition) is 1. The predicted octanol–water partition coefficient (Wildman–Crippen LogP) is 4.36. The van der Waals surface area contributed by atoms with Crippen molar-refractivity contribution in [3.63, 3.8) is 0 Å². The summed E-state index contributed by atoms with van der Waals surface area (Å²) in [7, 11) is 0. The van der Waals surface area contributed by atoms with Crippen molar-refractivity contribution in [2.45, 2.75) is 0 Å². The standard InChI is InChI=1S/C13H8Cl2O2/c14-10-3-1-2-8(6-10)11-5-4-9(13(16)17)7-12(11)15/h1-7H,(H,16,17). The molecule has 0 aromatic heterocycles. The molecule has 0 aliphatic heterocycles. The molecule has 1 N–H and O–H groups in total. The fraction of sp³-hybridized carbons (Fsp3) is 0. The summed E-state index contributed by atoms with van der Waals surface area (Å²) < 4.78 is 0. The van der Waals surface area contributed by atoms with Gasteiger partial charge in [-0.2, -0.15) is 0 Å². The average molecular weight is 267 g/mol. The lowest BCUT2D eigenvalue weighted by Gasteiger charge is -2.06. The Balaban J connectivity index is 2.50. The van der Waals surface area contributed by atoms with E-state index in [0.29, 0.717) is 10.0 Å². The van der Waals surface area contributed by atoms with Gasteiger partial charge in [0.15, 0.2) is 0 Å². The maximum absolute atomic E-state index is 10.8. The maximum atomic E-state index is 10.8. The van der Waals surface area contributed by atoms with Gasteiger partial charge in [0.25, 0.3) is 0 Å². The number of hydrogen-bond donors (Lipinski definition) is 1. The van der Waals surface area contributed by atoms with Crippen molar-refractivity contribution in [2.24, 2.45) is 0 Å². The van der Waals surface area contributed by atoms with Crippen LogP contribution < -0.4 is 0 Å². The third kappa shape index (κ3) is 2.60. The summed E-state index contributed by atoms with van der Waals surface area (Å²) in [5.41, 5.74) is 1.79. The lowest BCUT2D eigenvalue weighted by atomic mass is 10.0. The molecule has 0 spiro atoms. The molecule has 0 saturated carbocycles. The highest BCUT2D eigenvalue weighted by Crippen LogP contribution is 2.30. The van der Waals surface area contributed by atoms with Crippen molar-refractivity contribution in [1.82, 2.24) is 0 Å². The molecule has 4 heteroatoms. The molecule has 0 aliphatic carbocycles. The molecule has 86 valence electrons. The van der Waals surface area contributed by atoms with Gasteiger partial charge in [0.1, 0.15) is 0 Å². The number of carboxylic acid groups (broad SMARTS) is 1. The van der Waals surface area contributed by atoms with Crippen LogP contribution >= 0.6 is 23.2 Å². The van der Waals surface area contributed by atoms with Crippen molar-refractivity contribution < 1.29 is 9.90 Å². The van der Waals surface area contributed by atoms with E-state index in [1.54, 1.807) is 18.2 Å². The highest BCUT2D eigenvalue weighted by molar-refractivity contribution is 6.34. The zero-order chi connectivity index (χ0) is 12.4. The Morgan fingerprint density at radius 3 is 2.41 bits per heavy atom. The highest BCUT2D eigenvalue weighted by Gasteiger charge is 2.08. The molecular weight excluding hydrogens is 259 g/mol. The summed E-state index contributed by atoms with van der Waals surface area (Å²) in [4.78, 5) is 10.8. The third-order valence-electron chi connectivity index (χ3n) is 2.35. The van der Waals surface area contributed by atoms with Crippen LogP contribution in [-0.2, 0) is 0 Å². The molecule has 0 fully saturated rings. The van der Waals surface area contributed by atoms with E-state index in [0.717, 1.165) is 11.1 Å². The number of aromatic carboxylic acids is 1. The van der Waals surface area contributed by atoms with Gasteiger partial charge in [0.05, 0.1) is 5.56 Å². The molecular formula is C13H8Cl2O2. The molecule has 0 heterocycles. The number of carboxylic acids is 1. The van der Waals surface area contributed by atoms with Gasteiger partial charge in [-0.3, -0.25) is 0 Å². The first kappa shape index (κ1) is 12.0. The average Bonchev–Trinajstić information content (AvgIpc) is 2.28. The van der Waals surface area contributed by atoms with E-state index < -0.39 is 5.97 Å². The van der Waals surface area contributed by atoms with E-state index in [9.17, 15) is 4.79 Å². The maximum Gasteiger partial charge on any atom is 0.335 e. The van der Waals surface area contributed by atoms with Crippen LogP contribution in [0, 0.1) is 0 Å². The quantitative estimate of drug-likeness (QED) is 0.877. The van der Waals surface area contributed by atoms with Crippen molar-refractivity contribution in [3.05, 3.63) is 58.1 Å². The molecule has 0 aliphatic rings. The van der Waals surface area contributed by atoms with Gasteiger partial charge in [-0.25, -0.2) is 4.79 Å². The van der Waals surface area contributed by atoms with Crippen molar-refractivity contribution in [1.29, 1.82) is 0 Å². The minimum atomic E-state index is -0.996. The monoisotopic (exact) mass is 266 g/mol. The Hall–Kier alpha value is -1.51. The van der Waals surface area contributed by atoms with Crippen LogP contribution in [0.25, 0.3) is 11.1 Å². The van der Waals surface area contributed by atoms with E-state index >= 15 is 0 Å². The first-order valence-electron chi connectivity index (χ1n) is 4.87. The number of halogens is 2. The summed E-state index contributed by atoms with van der Waals surface area (Å²) in [6.45, 7) is 0. The summed E-state index contributed by atoms with van der Waals surface area (Å²) in [6.07, 6.45) is 0. The second kappa shape index (κ2) is 4.78. The Bertz CT molecular complexity index is 579. The lowest BCUT2D eigenvalue weighted by molar-refractivity contribution is 0.0697. The van der Waals surface area contributed by atoms with Crippen LogP contribution in [0.5, 0.6) is 0 Å². The zero-order valence-electron chi connectivity index (χ0n) is 8.65. The lowest BCUT2D eigenvalue weighted by Crippen LogP contribution is -1.95. The summed E-state index contributed by atoms with van der Waals surface area (Å²) in [5, 5.41) is 9.84. The van der Waals surface area contributed by atoms with Crippen molar-refractivity contribution in [3.8, 4) is 11.1 Å². The third-order valence-corrected chi connectivity index (χ3v) is 2.90. The molecule has 2 nitrogen and oxygen atoms in total. The van der Waals surface area contributed by atoms with E-state index in [-0.39, 0.29) is 5.56 Å². The Kier molecular flexibility index (Phi) is 3.36. The number of rotatable bonds is 2. The van der Waals surface area contributed by atoms with Crippen molar-refractivity contribution in [2.75, 3.05) is 0 Å². The first-order valence-corrected chi connectivity index (χ1v) is 5.62. The van der Waals surface area contributed by atoms with Crippen LogP contribution in [0.2, 0.25) is 10.0 Å². The molecule has 0 atom stereocenters. The predicted molar refractivity (Wildman–Crippen MR) is 68.9 cm³/mol. The zero-order valence-corrected chi connectivity index (χ0v) is 10.2. The van der Waals surface area contributed by atoms with Crippen LogP contribution in [0.1, 0.15) is 10.4 Å². The van der Waals surface area contributed by atoms with Gasteiger partial charge in [-0.1, -0.05) is 41.4 Å². The summed E-state index contributed by atoms with van der Waals surface area (Å²) in [5.74, 6) is -0.996. The molecule has 2 aromatic carbocycles. The number of carbonyl (C=O) groups is 1. The molecule has 0 radical (unpaired) electrons. The molecule has 0 bridgehead atoms. The van der Waals surface area contributed by atoms with Gasteiger partial charge in [-0.05, 0) is 29.8 Å². The molecule has 0 saturated heterocycles. The van der Waals surface area contributed by atoms with E-state index in [1.807, 2.05) is 12.1 Å². The fourth-order valence-electron chi connectivity index (χ4n) is 1.54. The van der Waals surface area contributed by atoms with Gasteiger partial charge in [-0.15, -0.1) is 0 Å². The smallest absolute Gasteiger partial charge is 0.335 e. The number of benzene rings is 2. The second-order valence-electron chi connectivity index (χ2n) is 3.51. The van der Waals surface area contributed by atoms with Gasteiger partial charge < -0.3 is 5.11 Å². The summed E-state index contributed by atoms with van der Waals surface area (Å²) in [6, 6.07) is 11.9. The molecule has 17 heavy (non-hydrogen) atoms. The molecule has 2 rings (SSSR count). The van der Waals surface area contributed by atoms with E-state index in [2.05, 4.69) is 0 Å². The minimum Gasteiger partial charge on any atom is -0.478 e. The Morgan fingerprint density at radius 1 is 1.06 bits per heavy atom. The Labute approximate surface area is 108 Å². The van der Waals surface area contributed by atoms with Gasteiger partial charge in [0.2, 0.25) is 0 Å². The van der Waals surface area contributed by atoms with Crippen LogP contribution in [0.4, 0.5) is 0 Å². The van der Waals surface area contributed by atoms with Crippen LogP contribution in [-0.4, -0.2) is 11.1 Å². The largest absolute Gasteiger partial charge is 0.478 e. The normalized spacial score (nSPS) is 10.2. The summed E-state index contributed by atoms with van der Waals surface area (Å²) >= 11 is 11.9. The van der Waals surface area contributed by atoms with E-state index in [4.69, 9.17) is 28.3 Å². The molecule has 2 aromatic rings. The SMILES string of the molecule is O=C(O)c1ccc(-c2cccc(Cl)c2)c(Cl)c1. The van der Waals surface area contributed by atoms with Crippen LogP contribution in [0.3, 0.4) is 0 Å². The topological polar surface area (TPSA) is 37.3 Å². The highest BCUT2D eigenvalue weighted by atomic mass is 35.5. The Morgan fingerprint density at radius 2 is 1.82 bits per heavy atom. The second-order valence-corrected chi connectivity index (χ2v) is 4.35. The molecule has 0 amide bonds. The van der Waals surface area contributed by atoms with Crippen molar-refractivity contribution >= 4 is 29.2 Å². The first-order chi connectivity index (χ1) is 8.08. The van der Waals surface area contributed by atoms with E-state index in [1.165, 1.54) is 12.1 Å². The van der Waals surface area contributed by atoms with Crippen LogP contribution in [0.15, 0.2) is 42.5 Å². The van der Waals surface area contributed by atoms with Gasteiger partial charge >= 0.3 is 5.97 Å². The minimum absolute atomic E-state index is 0.167. The van der Waals surface area contributed by atoms with Gasteiger partial charge in [0, 0.05) is 15.6 Å². The molecule has 0 unspecified atom stereocenters.